The van der Waals surface area contributed by atoms with E-state index < -0.39 is 16.1 Å². The summed E-state index contributed by atoms with van der Waals surface area (Å²) in [7, 11) is -3.72. The Morgan fingerprint density at radius 1 is 1.22 bits per heavy atom. The summed E-state index contributed by atoms with van der Waals surface area (Å²) in [5.74, 6) is 1.35. The summed E-state index contributed by atoms with van der Waals surface area (Å²) in [6.07, 6.45) is 1.40. The van der Waals surface area contributed by atoms with E-state index >= 15 is 0 Å². The fraction of sp³-hybridized carbons (Fsp3) is 0.643. The number of nitrogens with zero attached hydrogens (tertiary/aromatic N) is 4. The highest BCUT2D eigenvalue weighted by Gasteiger charge is 2.41. The van der Waals surface area contributed by atoms with Crippen LogP contribution in [0.4, 0.5) is 0 Å². The smallest absolute Gasteiger partial charge is 0.249 e. The van der Waals surface area contributed by atoms with E-state index in [2.05, 4.69) is 15.3 Å². The minimum atomic E-state index is -3.72. The van der Waals surface area contributed by atoms with Crippen LogP contribution in [0.25, 0.3) is 0 Å². The summed E-state index contributed by atoms with van der Waals surface area (Å²) in [4.78, 5) is 4.49. The molecule has 0 radical (unpaired) electrons. The van der Waals surface area contributed by atoms with Gasteiger partial charge in [-0.2, -0.15) is 9.29 Å². The molecular weight excluding hydrogens is 320 g/mol. The highest BCUT2D eigenvalue weighted by molar-refractivity contribution is 7.89. The molecule has 0 unspecified atom stereocenters. The SMILES string of the molecule is Cc1noc(C)c1S(=O)(=O)N1CCC[C@@H]1c1nc(C(C)C)no1. The molecule has 0 aromatic carbocycles. The van der Waals surface area contributed by atoms with Crippen LogP contribution in [0.1, 0.15) is 61.8 Å². The molecule has 0 N–H and O–H groups in total. The summed E-state index contributed by atoms with van der Waals surface area (Å²) in [6, 6.07) is -0.436. The van der Waals surface area contributed by atoms with Gasteiger partial charge in [0.15, 0.2) is 11.6 Å². The average molecular weight is 340 g/mol. The number of hydrogen-bond donors (Lipinski definition) is 0. The van der Waals surface area contributed by atoms with Gasteiger partial charge in [0, 0.05) is 12.5 Å². The molecule has 8 nitrogen and oxygen atoms in total. The lowest BCUT2D eigenvalue weighted by atomic mass is 10.2. The molecule has 9 heteroatoms. The van der Waals surface area contributed by atoms with Gasteiger partial charge in [-0.3, -0.25) is 0 Å². The topological polar surface area (TPSA) is 102 Å². The van der Waals surface area contributed by atoms with Crippen molar-refractivity contribution in [3.8, 4) is 0 Å². The van der Waals surface area contributed by atoms with E-state index in [9.17, 15) is 8.42 Å². The van der Waals surface area contributed by atoms with E-state index in [4.69, 9.17) is 9.05 Å². The van der Waals surface area contributed by atoms with Crippen LogP contribution in [0.2, 0.25) is 0 Å². The molecule has 1 aliphatic heterocycles. The van der Waals surface area contributed by atoms with Crippen LogP contribution in [0.15, 0.2) is 13.9 Å². The maximum atomic E-state index is 13.0. The minimum Gasteiger partial charge on any atom is -0.360 e. The van der Waals surface area contributed by atoms with Crippen LogP contribution < -0.4 is 0 Å². The lowest BCUT2D eigenvalue weighted by Gasteiger charge is -2.21. The molecule has 3 heterocycles. The number of aromatic nitrogens is 3. The molecule has 1 atom stereocenters. The molecule has 0 spiro atoms. The fourth-order valence-electron chi connectivity index (χ4n) is 2.85. The molecule has 2 aromatic rings. The van der Waals surface area contributed by atoms with E-state index in [1.807, 2.05) is 13.8 Å². The first-order chi connectivity index (χ1) is 10.8. The Morgan fingerprint density at radius 2 is 1.96 bits per heavy atom. The zero-order valence-electron chi connectivity index (χ0n) is 13.6. The summed E-state index contributed by atoms with van der Waals surface area (Å²) < 4.78 is 37.7. The van der Waals surface area contributed by atoms with E-state index in [0.717, 1.165) is 6.42 Å². The van der Waals surface area contributed by atoms with E-state index in [-0.39, 0.29) is 10.8 Å². The normalized spacial score (nSPS) is 19.8. The van der Waals surface area contributed by atoms with Crippen molar-refractivity contribution in [2.24, 2.45) is 0 Å². The second kappa shape index (κ2) is 5.72. The Labute approximate surface area is 134 Å². The van der Waals surface area contributed by atoms with Crippen molar-refractivity contribution < 1.29 is 17.5 Å². The molecule has 1 saturated heterocycles. The van der Waals surface area contributed by atoms with Gasteiger partial charge in [0.2, 0.25) is 15.9 Å². The molecule has 0 bridgehead atoms. The van der Waals surface area contributed by atoms with Crippen molar-refractivity contribution in [2.75, 3.05) is 6.54 Å². The minimum absolute atomic E-state index is 0.126. The number of hydrogen-bond acceptors (Lipinski definition) is 7. The third-order valence-electron chi connectivity index (χ3n) is 4.00. The van der Waals surface area contributed by atoms with Gasteiger partial charge in [-0.05, 0) is 26.7 Å². The Hall–Kier alpha value is -1.74. The predicted octanol–water partition coefficient (Wildman–Crippen LogP) is 2.32. The molecule has 23 heavy (non-hydrogen) atoms. The second-order valence-electron chi connectivity index (χ2n) is 6.07. The van der Waals surface area contributed by atoms with E-state index in [1.54, 1.807) is 13.8 Å². The summed E-state index contributed by atoms with van der Waals surface area (Å²) in [5, 5.41) is 7.68. The van der Waals surface area contributed by atoms with Crippen LogP contribution in [0.5, 0.6) is 0 Å². The molecule has 3 rings (SSSR count). The van der Waals surface area contributed by atoms with Gasteiger partial charge in [-0.15, -0.1) is 0 Å². The van der Waals surface area contributed by atoms with Crippen molar-refractivity contribution in [3.63, 3.8) is 0 Å². The summed E-state index contributed by atoms with van der Waals surface area (Å²) in [6.45, 7) is 7.55. The van der Waals surface area contributed by atoms with Crippen molar-refractivity contribution >= 4 is 10.0 Å². The highest BCUT2D eigenvalue weighted by Crippen LogP contribution is 2.37. The van der Waals surface area contributed by atoms with Crippen LogP contribution >= 0.6 is 0 Å². The highest BCUT2D eigenvalue weighted by atomic mass is 32.2. The number of rotatable bonds is 4. The molecular formula is C14H20N4O4S. The maximum Gasteiger partial charge on any atom is 0.249 e. The number of sulfonamides is 1. The fourth-order valence-corrected chi connectivity index (χ4v) is 4.80. The Morgan fingerprint density at radius 3 is 2.52 bits per heavy atom. The zero-order valence-corrected chi connectivity index (χ0v) is 14.4. The van der Waals surface area contributed by atoms with Crippen molar-refractivity contribution in [3.05, 3.63) is 23.2 Å². The lowest BCUT2D eigenvalue weighted by Crippen LogP contribution is -2.31. The van der Waals surface area contributed by atoms with E-state index in [0.29, 0.717) is 36.1 Å². The monoisotopic (exact) mass is 340 g/mol. The maximum absolute atomic E-state index is 13.0. The van der Waals surface area contributed by atoms with Crippen LogP contribution in [0, 0.1) is 13.8 Å². The molecule has 0 amide bonds. The Balaban J connectivity index is 1.98. The van der Waals surface area contributed by atoms with Gasteiger partial charge in [-0.1, -0.05) is 24.2 Å². The molecule has 2 aromatic heterocycles. The van der Waals surface area contributed by atoms with Gasteiger partial charge in [0.05, 0.1) is 0 Å². The first kappa shape index (κ1) is 16.1. The predicted molar refractivity (Wildman–Crippen MR) is 80.2 cm³/mol. The lowest BCUT2D eigenvalue weighted by molar-refractivity contribution is 0.288. The van der Waals surface area contributed by atoms with Crippen LogP contribution in [-0.4, -0.2) is 34.6 Å². The van der Waals surface area contributed by atoms with Gasteiger partial charge in [-0.25, -0.2) is 8.42 Å². The van der Waals surface area contributed by atoms with Crippen molar-refractivity contribution in [2.45, 2.75) is 57.4 Å². The third-order valence-corrected chi connectivity index (χ3v) is 6.15. The van der Waals surface area contributed by atoms with E-state index in [1.165, 1.54) is 4.31 Å². The standard InChI is InChI=1S/C14H20N4O4S/c1-8(2)13-15-14(22-17-13)11-6-5-7-18(11)23(19,20)12-9(3)16-21-10(12)4/h8,11H,5-7H2,1-4H3/t11-/m1/s1. The zero-order chi connectivity index (χ0) is 16.8. The Kier molecular flexibility index (Phi) is 4.01. The van der Waals surface area contributed by atoms with Crippen LogP contribution in [0.3, 0.4) is 0 Å². The van der Waals surface area contributed by atoms with Gasteiger partial charge >= 0.3 is 0 Å². The average Bonchev–Trinajstić information content (AvgIpc) is 3.17. The molecule has 0 saturated carbocycles. The van der Waals surface area contributed by atoms with Crippen LogP contribution in [-0.2, 0) is 10.0 Å². The van der Waals surface area contributed by atoms with Gasteiger partial charge < -0.3 is 9.05 Å². The first-order valence-electron chi connectivity index (χ1n) is 7.60. The summed E-state index contributed by atoms with van der Waals surface area (Å²) >= 11 is 0. The quantitative estimate of drug-likeness (QED) is 0.841. The van der Waals surface area contributed by atoms with Crippen molar-refractivity contribution in [1.29, 1.82) is 0 Å². The van der Waals surface area contributed by atoms with Gasteiger partial charge in [0.25, 0.3) is 0 Å². The van der Waals surface area contributed by atoms with Gasteiger partial charge in [0.1, 0.15) is 16.6 Å². The third kappa shape index (κ3) is 2.67. The first-order valence-corrected chi connectivity index (χ1v) is 9.04. The Bertz CT molecular complexity index is 789. The largest absolute Gasteiger partial charge is 0.360 e. The number of aryl methyl sites for hydroxylation is 2. The molecule has 1 fully saturated rings. The summed E-state index contributed by atoms with van der Waals surface area (Å²) in [5.41, 5.74) is 0.363. The molecule has 126 valence electrons. The second-order valence-corrected chi connectivity index (χ2v) is 7.90. The molecule has 0 aliphatic carbocycles. The van der Waals surface area contributed by atoms with Crippen molar-refractivity contribution in [1.82, 2.24) is 19.6 Å². The molecule has 1 aliphatic rings.